The van der Waals surface area contributed by atoms with Crippen LogP contribution in [0.25, 0.3) is 11.0 Å². The van der Waals surface area contributed by atoms with Crippen molar-refractivity contribution in [3.63, 3.8) is 0 Å². The van der Waals surface area contributed by atoms with Gasteiger partial charge in [-0.2, -0.15) is 0 Å². The van der Waals surface area contributed by atoms with Crippen LogP contribution in [-0.2, 0) is 4.74 Å². The Labute approximate surface area is 87.4 Å². The number of ether oxygens (including phenoxy) is 1. The van der Waals surface area contributed by atoms with Crippen molar-refractivity contribution in [2.45, 2.75) is 6.36 Å². The first-order valence-electron chi connectivity index (χ1n) is 4.24. The fraction of sp³-hybridized carbons (Fsp3) is 0.100. The highest BCUT2D eigenvalue weighted by atomic mass is 19.4. The topological polar surface area (TPSA) is 39.4 Å². The molecule has 0 amide bonds. The third-order valence-electron chi connectivity index (χ3n) is 1.91. The Kier molecular flexibility index (Phi) is 2.34. The van der Waals surface area contributed by atoms with Crippen LogP contribution < -0.4 is 0 Å². The zero-order valence-corrected chi connectivity index (χ0v) is 7.75. The van der Waals surface area contributed by atoms with Crippen molar-refractivity contribution in [2.75, 3.05) is 0 Å². The van der Waals surface area contributed by atoms with Crippen LogP contribution in [0.4, 0.5) is 13.2 Å². The van der Waals surface area contributed by atoms with E-state index in [1.807, 2.05) is 0 Å². The molecule has 1 aromatic carbocycles. The number of fused-ring (bicyclic) bond motifs is 1. The lowest BCUT2D eigenvalue weighted by molar-refractivity contribution is -0.291. The molecule has 0 radical (unpaired) electrons. The van der Waals surface area contributed by atoms with Gasteiger partial charge in [0.25, 0.3) is 0 Å². The predicted molar refractivity (Wildman–Crippen MR) is 47.7 cm³/mol. The lowest BCUT2D eigenvalue weighted by Crippen LogP contribution is -2.19. The lowest BCUT2D eigenvalue weighted by Gasteiger charge is -2.06. The quantitative estimate of drug-likeness (QED) is 0.706. The van der Waals surface area contributed by atoms with Crippen LogP contribution in [0, 0.1) is 0 Å². The van der Waals surface area contributed by atoms with Gasteiger partial charge in [0.2, 0.25) is 0 Å². The van der Waals surface area contributed by atoms with E-state index in [-0.39, 0.29) is 11.1 Å². The van der Waals surface area contributed by atoms with Crippen LogP contribution in [0.1, 0.15) is 10.4 Å². The van der Waals surface area contributed by atoms with E-state index in [9.17, 15) is 18.0 Å². The average molecular weight is 230 g/mol. The van der Waals surface area contributed by atoms with Crippen LogP contribution in [-0.4, -0.2) is 12.3 Å². The molecule has 1 aromatic heterocycles. The summed E-state index contributed by atoms with van der Waals surface area (Å²) in [4.78, 5) is 11.2. The summed E-state index contributed by atoms with van der Waals surface area (Å²) < 4.78 is 43.8. The SMILES string of the molecule is O=C(OC(F)(F)F)c1cccc2ccoc12. The van der Waals surface area contributed by atoms with Crippen molar-refractivity contribution >= 4 is 16.9 Å². The molecular formula is C10H5F3O3. The molecule has 0 aliphatic rings. The summed E-state index contributed by atoms with van der Waals surface area (Å²) in [6, 6.07) is 5.81. The van der Waals surface area contributed by atoms with E-state index in [1.54, 1.807) is 12.1 Å². The minimum atomic E-state index is -4.99. The summed E-state index contributed by atoms with van der Waals surface area (Å²) in [5, 5.41) is 0.539. The van der Waals surface area contributed by atoms with Gasteiger partial charge in [-0.15, -0.1) is 13.2 Å². The Morgan fingerprint density at radius 2 is 2.00 bits per heavy atom. The summed E-state index contributed by atoms with van der Waals surface area (Å²) in [7, 11) is 0. The molecule has 0 aliphatic heterocycles. The van der Waals surface area contributed by atoms with Crippen LogP contribution >= 0.6 is 0 Å². The molecule has 0 saturated carbocycles. The number of halogens is 3. The van der Waals surface area contributed by atoms with Gasteiger partial charge in [0, 0.05) is 5.39 Å². The molecule has 84 valence electrons. The Morgan fingerprint density at radius 1 is 1.25 bits per heavy atom. The second kappa shape index (κ2) is 3.55. The Hall–Kier alpha value is -1.98. The maximum atomic E-state index is 11.8. The Balaban J connectivity index is 2.40. The first kappa shape index (κ1) is 10.5. The monoisotopic (exact) mass is 230 g/mol. The molecule has 2 rings (SSSR count). The number of esters is 1. The average Bonchev–Trinajstić information content (AvgIpc) is 2.61. The van der Waals surface area contributed by atoms with Crippen molar-refractivity contribution in [1.29, 1.82) is 0 Å². The summed E-state index contributed by atoms with van der Waals surface area (Å²) in [6.45, 7) is 0. The van der Waals surface area contributed by atoms with E-state index in [4.69, 9.17) is 4.42 Å². The van der Waals surface area contributed by atoms with Crippen molar-refractivity contribution in [3.8, 4) is 0 Å². The van der Waals surface area contributed by atoms with Gasteiger partial charge >= 0.3 is 12.3 Å². The normalized spacial score (nSPS) is 11.7. The number of carbonyl (C=O) groups is 1. The first-order valence-corrected chi connectivity index (χ1v) is 4.24. The highest BCUT2D eigenvalue weighted by Gasteiger charge is 2.35. The first-order chi connectivity index (χ1) is 7.47. The van der Waals surface area contributed by atoms with E-state index in [2.05, 4.69) is 4.74 Å². The van der Waals surface area contributed by atoms with Gasteiger partial charge in [-0.1, -0.05) is 12.1 Å². The molecule has 0 aliphatic carbocycles. The number of benzene rings is 1. The second-order valence-corrected chi connectivity index (χ2v) is 2.98. The summed E-state index contributed by atoms with van der Waals surface area (Å²) in [6.07, 6.45) is -3.71. The number of rotatable bonds is 1. The van der Waals surface area contributed by atoms with E-state index >= 15 is 0 Å². The van der Waals surface area contributed by atoms with E-state index in [0.717, 1.165) is 0 Å². The Bertz CT molecular complexity index is 527. The molecule has 3 nitrogen and oxygen atoms in total. The minimum Gasteiger partial charge on any atom is -0.463 e. The number of para-hydroxylation sites is 1. The molecule has 2 aromatic rings. The number of hydrogen-bond acceptors (Lipinski definition) is 3. The van der Waals surface area contributed by atoms with E-state index in [1.165, 1.54) is 18.4 Å². The second-order valence-electron chi connectivity index (χ2n) is 2.98. The molecule has 0 atom stereocenters. The number of alkyl halides is 3. The van der Waals surface area contributed by atoms with Gasteiger partial charge in [0.1, 0.15) is 11.1 Å². The summed E-state index contributed by atoms with van der Waals surface area (Å²) in [5.74, 6) is -1.48. The zero-order valence-electron chi connectivity index (χ0n) is 7.75. The highest BCUT2D eigenvalue weighted by Crippen LogP contribution is 2.24. The number of carbonyl (C=O) groups excluding carboxylic acids is 1. The minimum absolute atomic E-state index is 0.0803. The lowest BCUT2D eigenvalue weighted by atomic mass is 10.1. The summed E-state index contributed by atoms with van der Waals surface area (Å²) in [5.41, 5.74) is -0.170. The molecule has 1 heterocycles. The molecule has 0 N–H and O–H groups in total. The number of furan rings is 1. The largest absolute Gasteiger partial charge is 0.575 e. The van der Waals surface area contributed by atoms with Crippen molar-refractivity contribution in [2.24, 2.45) is 0 Å². The third kappa shape index (κ3) is 2.00. The smallest absolute Gasteiger partial charge is 0.463 e. The van der Waals surface area contributed by atoms with Crippen LogP contribution in [0.5, 0.6) is 0 Å². The molecule has 16 heavy (non-hydrogen) atoms. The molecule has 0 unspecified atom stereocenters. The molecule has 6 heteroatoms. The molecule has 0 bridgehead atoms. The Morgan fingerprint density at radius 3 is 2.69 bits per heavy atom. The fourth-order valence-corrected chi connectivity index (χ4v) is 1.31. The van der Waals surface area contributed by atoms with Gasteiger partial charge in [0.15, 0.2) is 0 Å². The fourth-order valence-electron chi connectivity index (χ4n) is 1.31. The van der Waals surface area contributed by atoms with Crippen LogP contribution in [0.2, 0.25) is 0 Å². The van der Waals surface area contributed by atoms with Crippen LogP contribution in [0.3, 0.4) is 0 Å². The van der Waals surface area contributed by atoms with Crippen LogP contribution in [0.15, 0.2) is 34.9 Å². The molecule has 0 spiro atoms. The van der Waals surface area contributed by atoms with E-state index < -0.39 is 12.3 Å². The van der Waals surface area contributed by atoms with E-state index in [0.29, 0.717) is 5.39 Å². The third-order valence-corrected chi connectivity index (χ3v) is 1.91. The molecule has 0 saturated heterocycles. The van der Waals surface area contributed by atoms with Gasteiger partial charge in [-0.3, -0.25) is 0 Å². The van der Waals surface area contributed by atoms with Crippen molar-refractivity contribution in [1.82, 2.24) is 0 Å². The summed E-state index contributed by atoms with van der Waals surface area (Å²) >= 11 is 0. The standard InChI is InChI=1S/C10H5F3O3/c11-10(12,13)16-9(14)7-3-1-2-6-4-5-15-8(6)7/h1-5H. The highest BCUT2D eigenvalue weighted by molar-refractivity contribution is 6.01. The van der Waals surface area contributed by atoms with Crippen molar-refractivity contribution in [3.05, 3.63) is 36.1 Å². The van der Waals surface area contributed by atoms with Gasteiger partial charge in [-0.05, 0) is 12.1 Å². The maximum absolute atomic E-state index is 11.8. The molecular weight excluding hydrogens is 225 g/mol. The van der Waals surface area contributed by atoms with Gasteiger partial charge in [0.05, 0.1) is 6.26 Å². The molecule has 0 fully saturated rings. The van der Waals surface area contributed by atoms with Gasteiger partial charge in [-0.25, -0.2) is 4.79 Å². The number of hydrogen-bond donors (Lipinski definition) is 0. The predicted octanol–water partition coefficient (Wildman–Crippen LogP) is 3.11. The maximum Gasteiger partial charge on any atom is 0.575 e. The van der Waals surface area contributed by atoms with Crippen molar-refractivity contribution < 1.29 is 27.1 Å². The van der Waals surface area contributed by atoms with Gasteiger partial charge < -0.3 is 9.15 Å². The zero-order chi connectivity index (χ0) is 11.8.